The Hall–Kier alpha value is -2.44. The van der Waals surface area contributed by atoms with Crippen molar-refractivity contribution < 1.29 is 14.3 Å². The van der Waals surface area contributed by atoms with Crippen LogP contribution >= 0.6 is 0 Å². The number of rotatable bonds is 6. The lowest BCUT2D eigenvalue weighted by Gasteiger charge is -2.26. The number of ether oxygens (including phenoxy) is 2. The van der Waals surface area contributed by atoms with E-state index >= 15 is 0 Å². The highest BCUT2D eigenvalue weighted by Crippen LogP contribution is 2.22. The Morgan fingerprint density at radius 1 is 1.28 bits per heavy atom. The summed E-state index contributed by atoms with van der Waals surface area (Å²) < 4.78 is 10.5. The number of carbonyl (C=O) groups is 1. The SMILES string of the molecule is COc1cccc(-c2ccc(C(=O)NCCN3CCOCC3)cn2)c1. The van der Waals surface area contributed by atoms with Crippen LogP contribution < -0.4 is 10.1 Å². The van der Waals surface area contributed by atoms with Gasteiger partial charge in [-0.25, -0.2) is 0 Å². The number of morpholine rings is 1. The zero-order chi connectivity index (χ0) is 17.5. The van der Waals surface area contributed by atoms with Crippen molar-refractivity contribution in [2.75, 3.05) is 46.5 Å². The fourth-order valence-corrected chi connectivity index (χ4v) is 2.74. The molecule has 1 amide bonds. The Bertz CT molecular complexity index is 697. The number of aromatic nitrogens is 1. The van der Waals surface area contributed by atoms with E-state index < -0.39 is 0 Å². The summed E-state index contributed by atoms with van der Waals surface area (Å²) in [6, 6.07) is 11.3. The third-order valence-electron chi connectivity index (χ3n) is 4.21. The van der Waals surface area contributed by atoms with Gasteiger partial charge in [0.1, 0.15) is 5.75 Å². The molecule has 1 aliphatic rings. The van der Waals surface area contributed by atoms with Crippen LogP contribution in [0, 0.1) is 0 Å². The molecule has 6 nitrogen and oxygen atoms in total. The van der Waals surface area contributed by atoms with Crippen molar-refractivity contribution in [3.63, 3.8) is 0 Å². The maximum Gasteiger partial charge on any atom is 0.252 e. The van der Waals surface area contributed by atoms with Gasteiger partial charge < -0.3 is 14.8 Å². The summed E-state index contributed by atoms with van der Waals surface area (Å²) in [6.45, 7) is 4.84. The number of methoxy groups -OCH3 is 1. The molecular formula is C19H23N3O3. The van der Waals surface area contributed by atoms with Crippen molar-refractivity contribution >= 4 is 5.91 Å². The van der Waals surface area contributed by atoms with E-state index in [9.17, 15) is 4.79 Å². The second kappa shape index (κ2) is 8.60. The third-order valence-corrected chi connectivity index (χ3v) is 4.21. The van der Waals surface area contributed by atoms with E-state index in [1.807, 2.05) is 30.3 Å². The van der Waals surface area contributed by atoms with E-state index in [0.717, 1.165) is 49.9 Å². The molecule has 1 aromatic heterocycles. The van der Waals surface area contributed by atoms with Crippen LogP contribution in [0.15, 0.2) is 42.6 Å². The molecule has 6 heteroatoms. The Balaban J connectivity index is 1.54. The smallest absolute Gasteiger partial charge is 0.252 e. The van der Waals surface area contributed by atoms with Gasteiger partial charge in [0.25, 0.3) is 5.91 Å². The standard InChI is InChI=1S/C19H23N3O3/c1-24-17-4-2-3-15(13-17)18-6-5-16(14-21-18)19(23)20-7-8-22-9-11-25-12-10-22/h2-6,13-14H,7-12H2,1H3,(H,20,23). The molecule has 132 valence electrons. The first kappa shape index (κ1) is 17.4. The summed E-state index contributed by atoms with van der Waals surface area (Å²) in [7, 11) is 1.64. The van der Waals surface area contributed by atoms with E-state index in [0.29, 0.717) is 12.1 Å². The summed E-state index contributed by atoms with van der Waals surface area (Å²) in [5.74, 6) is 0.683. The van der Waals surface area contributed by atoms with Crippen LogP contribution in [0.1, 0.15) is 10.4 Å². The van der Waals surface area contributed by atoms with Gasteiger partial charge in [0.15, 0.2) is 0 Å². The molecule has 1 aromatic carbocycles. The van der Waals surface area contributed by atoms with Gasteiger partial charge in [0.05, 0.1) is 31.6 Å². The van der Waals surface area contributed by atoms with Crippen LogP contribution in [-0.4, -0.2) is 62.3 Å². The lowest BCUT2D eigenvalue weighted by molar-refractivity contribution is 0.0383. The average molecular weight is 341 g/mol. The van der Waals surface area contributed by atoms with Crippen molar-refractivity contribution in [3.8, 4) is 17.0 Å². The Labute approximate surface area is 147 Å². The van der Waals surface area contributed by atoms with Crippen LogP contribution in [0.4, 0.5) is 0 Å². The molecule has 25 heavy (non-hydrogen) atoms. The summed E-state index contributed by atoms with van der Waals surface area (Å²) in [6.07, 6.45) is 1.61. The lowest BCUT2D eigenvalue weighted by atomic mass is 10.1. The van der Waals surface area contributed by atoms with Gasteiger partial charge in [-0.15, -0.1) is 0 Å². The molecule has 0 atom stereocenters. The fraction of sp³-hybridized carbons (Fsp3) is 0.368. The molecule has 0 bridgehead atoms. The number of hydrogen-bond acceptors (Lipinski definition) is 5. The number of hydrogen-bond donors (Lipinski definition) is 1. The van der Waals surface area contributed by atoms with E-state index in [-0.39, 0.29) is 5.91 Å². The van der Waals surface area contributed by atoms with Crippen molar-refractivity contribution in [3.05, 3.63) is 48.2 Å². The summed E-state index contributed by atoms with van der Waals surface area (Å²) in [4.78, 5) is 18.9. The van der Waals surface area contributed by atoms with Crippen LogP contribution in [0.25, 0.3) is 11.3 Å². The predicted molar refractivity (Wildman–Crippen MR) is 95.8 cm³/mol. The maximum atomic E-state index is 12.2. The number of pyridine rings is 1. The molecule has 2 heterocycles. The molecule has 1 aliphatic heterocycles. The lowest BCUT2D eigenvalue weighted by Crippen LogP contribution is -2.41. The molecule has 0 aliphatic carbocycles. The summed E-state index contributed by atoms with van der Waals surface area (Å²) >= 11 is 0. The first-order valence-corrected chi connectivity index (χ1v) is 8.45. The molecule has 1 saturated heterocycles. The number of carbonyl (C=O) groups excluding carboxylic acids is 1. The van der Waals surface area contributed by atoms with Gasteiger partial charge >= 0.3 is 0 Å². The molecule has 0 spiro atoms. The molecule has 0 unspecified atom stereocenters. The highest BCUT2D eigenvalue weighted by Gasteiger charge is 2.11. The highest BCUT2D eigenvalue weighted by atomic mass is 16.5. The largest absolute Gasteiger partial charge is 0.497 e. The first-order valence-electron chi connectivity index (χ1n) is 8.45. The van der Waals surface area contributed by atoms with E-state index in [1.165, 1.54) is 0 Å². The Morgan fingerprint density at radius 2 is 2.12 bits per heavy atom. The highest BCUT2D eigenvalue weighted by molar-refractivity contribution is 5.94. The minimum absolute atomic E-state index is 0.0991. The molecular weight excluding hydrogens is 318 g/mol. The summed E-state index contributed by atoms with van der Waals surface area (Å²) in [5.41, 5.74) is 2.33. The van der Waals surface area contributed by atoms with Crippen molar-refractivity contribution in [2.24, 2.45) is 0 Å². The molecule has 0 saturated carbocycles. The molecule has 3 rings (SSSR count). The zero-order valence-corrected chi connectivity index (χ0v) is 14.4. The van der Waals surface area contributed by atoms with Gasteiger partial charge in [-0.3, -0.25) is 14.7 Å². The first-order chi connectivity index (χ1) is 12.3. The number of amides is 1. The quantitative estimate of drug-likeness (QED) is 0.868. The topological polar surface area (TPSA) is 63.7 Å². The predicted octanol–water partition coefficient (Wildman–Crippen LogP) is 1.82. The van der Waals surface area contributed by atoms with Gasteiger partial charge in [-0.05, 0) is 24.3 Å². The Kier molecular flexibility index (Phi) is 5.98. The summed E-state index contributed by atoms with van der Waals surface area (Å²) in [5, 5.41) is 2.94. The molecule has 1 N–H and O–H groups in total. The number of nitrogens with zero attached hydrogens (tertiary/aromatic N) is 2. The normalized spacial score (nSPS) is 14.9. The van der Waals surface area contributed by atoms with E-state index in [4.69, 9.17) is 9.47 Å². The minimum atomic E-state index is -0.0991. The third kappa shape index (κ3) is 4.78. The van der Waals surface area contributed by atoms with Gasteiger partial charge in [0.2, 0.25) is 0 Å². The molecule has 1 fully saturated rings. The van der Waals surface area contributed by atoms with Crippen molar-refractivity contribution in [1.82, 2.24) is 15.2 Å². The van der Waals surface area contributed by atoms with Crippen molar-refractivity contribution in [1.29, 1.82) is 0 Å². The van der Waals surface area contributed by atoms with Crippen LogP contribution in [0.5, 0.6) is 5.75 Å². The monoisotopic (exact) mass is 341 g/mol. The minimum Gasteiger partial charge on any atom is -0.497 e. The van der Waals surface area contributed by atoms with Gasteiger partial charge in [-0.1, -0.05) is 12.1 Å². The van der Waals surface area contributed by atoms with E-state index in [1.54, 1.807) is 19.4 Å². The molecule has 0 radical (unpaired) electrons. The zero-order valence-electron chi connectivity index (χ0n) is 14.4. The fourth-order valence-electron chi connectivity index (χ4n) is 2.74. The van der Waals surface area contributed by atoms with E-state index in [2.05, 4.69) is 15.2 Å². The number of nitrogens with one attached hydrogen (secondary N) is 1. The van der Waals surface area contributed by atoms with Crippen LogP contribution in [0.2, 0.25) is 0 Å². The van der Waals surface area contributed by atoms with Crippen molar-refractivity contribution in [2.45, 2.75) is 0 Å². The second-order valence-electron chi connectivity index (χ2n) is 5.87. The maximum absolute atomic E-state index is 12.2. The average Bonchev–Trinajstić information content (AvgIpc) is 2.69. The Morgan fingerprint density at radius 3 is 2.84 bits per heavy atom. The van der Waals surface area contributed by atoms with Crippen LogP contribution in [0.3, 0.4) is 0 Å². The van der Waals surface area contributed by atoms with Gasteiger partial charge in [0, 0.05) is 37.9 Å². The van der Waals surface area contributed by atoms with Crippen LogP contribution in [-0.2, 0) is 4.74 Å². The number of benzene rings is 1. The molecule has 2 aromatic rings. The van der Waals surface area contributed by atoms with Gasteiger partial charge in [-0.2, -0.15) is 0 Å². The second-order valence-corrected chi connectivity index (χ2v) is 5.87.